The van der Waals surface area contributed by atoms with Crippen LogP contribution in [0.25, 0.3) is 0 Å². The van der Waals surface area contributed by atoms with E-state index in [2.05, 4.69) is 56.4 Å². The number of nitrogens with one attached hydrogen (secondary N) is 1. The molecule has 0 radical (unpaired) electrons. The maximum atomic E-state index is 5.90. The Morgan fingerprint density at radius 3 is 2.67 bits per heavy atom. The van der Waals surface area contributed by atoms with E-state index in [1.165, 1.54) is 16.8 Å². The molecule has 0 aromatic heterocycles. The van der Waals surface area contributed by atoms with Gasteiger partial charge in [-0.15, -0.1) is 0 Å². The van der Waals surface area contributed by atoms with Crippen molar-refractivity contribution >= 4 is 5.69 Å². The van der Waals surface area contributed by atoms with E-state index in [1.54, 1.807) is 0 Å². The zero-order valence-corrected chi connectivity index (χ0v) is 11.9. The van der Waals surface area contributed by atoms with Gasteiger partial charge >= 0.3 is 0 Å². The van der Waals surface area contributed by atoms with Crippen LogP contribution in [-0.2, 0) is 4.74 Å². The van der Waals surface area contributed by atoms with Gasteiger partial charge < -0.3 is 15.0 Å². The second-order valence-electron chi connectivity index (χ2n) is 5.43. The molecule has 1 atom stereocenters. The number of nitrogens with zero attached hydrogens (tertiary/aromatic N) is 1. The van der Waals surface area contributed by atoms with Gasteiger partial charge in [-0.3, -0.25) is 0 Å². The third kappa shape index (κ3) is 2.85. The Balaban J connectivity index is 2.36. The highest BCUT2D eigenvalue weighted by Crippen LogP contribution is 2.31. The average Bonchev–Trinajstić information content (AvgIpc) is 2.39. The van der Waals surface area contributed by atoms with E-state index < -0.39 is 0 Å². The standard InChI is InChI=1S/C15H24N2O/c1-11(2)12-5-6-14(17(3)4)13(9-12)15-10-16-7-8-18-15/h5-6,9,11,15-16H,7-8,10H2,1-4H3. The van der Waals surface area contributed by atoms with E-state index >= 15 is 0 Å². The molecule has 2 rings (SSSR count). The summed E-state index contributed by atoms with van der Waals surface area (Å²) in [5, 5.41) is 3.40. The van der Waals surface area contributed by atoms with Crippen molar-refractivity contribution in [2.24, 2.45) is 0 Å². The molecular weight excluding hydrogens is 224 g/mol. The third-order valence-electron chi connectivity index (χ3n) is 3.47. The van der Waals surface area contributed by atoms with Gasteiger partial charge in [-0.25, -0.2) is 0 Å². The molecule has 18 heavy (non-hydrogen) atoms. The second kappa shape index (κ2) is 5.72. The molecule has 3 nitrogen and oxygen atoms in total. The zero-order chi connectivity index (χ0) is 13.1. The minimum absolute atomic E-state index is 0.176. The first-order chi connectivity index (χ1) is 8.59. The number of morpholine rings is 1. The fourth-order valence-corrected chi connectivity index (χ4v) is 2.36. The van der Waals surface area contributed by atoms with Crippen LogP contribution in [0.3, 0.4) is 0 Å². The van der Waals surface area contributed by atoms with Crippen LogP contribution < -0.4 is 10.2 Å². The molecule has 1 aromatic rings. The van der Waals surface area contributed by atoms with E-state index in [9.17, 15) is 0 Å². The number of hydrogen-bond acceptors (Lipinski definition) is 3. The molecule has 1 unspecified atom stereocenters. The lowest BCUT2D eigenvalue weighted by molar-refractivity contribution is 0.0279. The number of rotatable bonds is 3. The Labute approximate surface area is 110 Å². The molecule has 0 amide bonds. The maximum absolute atomic E-state index is 5.90. The molecule has 0 bridgehead atoms. The molecule has 1 aliphatic heterocycles. The van der Waals surface area contributed by atoms with Crippen molar-refractivity contribution in [3.05, 3.63) is 29.3 Å². The molecule has 0 spiro atoms. The van der Waals surface area contributed by atoms with Crippen LogP contribution in [0.1, 0.15) is 37.0 Å². The van der Waals surface area contributed by atoms with Gasteiger partial charge in [0.1, 0.15) is 0 Å². The third-order valence-corrected chi connectivity index (χ3v) is 3.47. The largest absolute Gasteiger partial charge is 0.377 e. The van der Waals surface area contributed by atoms with Crippen molar-refractivity contribution in [3.63, 3.8) is 0 Å². The monoisotopic (exact) mass is 248 g/mol. The van der Waals surface area contributed by atoms with E-state index in [-0.39, 0.29) is 6.10 Å². The lowest BCUT2D eigenvalue weighted by Gasteiger charge is -2.28. The van der Waals surface area contributed by atoms with Crippen LogP contribution in [0.15, 0.2) is 18.2 Å². The van der Waals surface area contributed by atoms with Crippen molar-refractivity contribution in [2.75, 3.05) is 38.7 Å². The summed E-state index contributed by atoms with van der Waals surface area (Å²) in [5.41, 5.74) is 3.94. The first kappa shape index (κ1) is 13.4. The van der Waals surface area contributed by atoms with Crippen molar-refractivity contribution in [3.8, 4) is 0 Å². The summed E-state index contributed by atoms with van der Waals surface area (Å²) >= 11 is 0. The molecule has 3 heteroatoms. The minimum atomic E-state index is 0.176. The summed E-state index contributed by atoms with van der Waals surface area (Å²) in [4.78, 5) is 2.16. The number of hydrogen-bond donors (Lipinski definition) is 1. The predicted molar refractivity (Wildman–Crippen MR) is 76.4 cm³/mol. The molecule has 1 fully saturated rings. The topological polar surface area (TPSA) is 24.5 Å². The Morgan fingerprint density at radius 2 is 2.11 bits per heavy atom. The number of benzene rings is 1. The van der Waals surface area contributed by atoms with Crippen LogP contribution in [0, 0.1) is 0 Å². The Hall–Kier alpha value is -1.06. The van der Waals surface area contributed by atoms with Crippen LogP contribution >= 0.6 is 0 Å². The summed E-state index contributed by atoms with van der Waals surface area (Å²) in [7, 11) is 4.17. The summed E-state index contributed by atoms with van der Waals surface area (Å²) in [6, 6.07) is 6.74. The highest BCUT2D eigenvalue weighted by molar-refractivity contribution is 5.55. The summed E-state index contributed by atoms with van der Waals surface area (Å²) in [6.45, 7) is 7.12. The normalized spacial score (nSPS) is 20.2. The SMILES string of the molecule is CC(C)c1ccc(N(C)C)c(C2CNCCO2)c1. The van der Waals surface area contributed by atoms with Gasteiger partial charge in [0.2, 0.25) is 0 Å². The summed E-state index contributed by atoms with van der Waals surface area (Å²) < 4.78 is 5.90. The molecule has 0 aliphatic carbocycles. The summed E-state index contributed by atoms with van der Waals surface area (Å²) in [5.74, 6) is 0.552. The van der Waals surface area contributed by atoms with E-state index in [1.807, 2.05) is 0 Å². The van der Waals surface area contributed by atoms with Crippen molar-refractivity contribution < 1.29 is 4.74 Å². The molecule has 100 valence electrons. The zero-order valence-electron chi connectivity index (χ0n) is 11.9. The fraction of sp³-hybridized carbons (Fsp3) is 0.600. The molecule has 1 saturated heterocycles. The first-order valence-corrected chi connectivity index (χ1v) is 6.73. The van der Waals surface area contributed by atoms with Crippen molar-refractivity contribution in [2.45, 2.75) is 25.9 Å². The van der Waals surface area contributed by atoms with E-state index in [0.29, 0.717) is 5.92 Å². The maximum Gasteiger partial charge on any atom is 0.0969 e. The minimum Gasteiger partial charge on any atom is -0.377 e. The van der Waals surface area contributed by atoms with Crippen LogP contribution in [0.2, 0.25) is 0 Å². The molecule has 1 aliphatic rings. The highest BCUT2D eigenvalue weighted by Gasteiger charge is 2.20. The van der Waals surface area contributed by atoms with Crippen molar-refractivity contribution in [1.82, 2.24) is 5.32 Å². The van der Waals surface area contributed by atoms with Gasteiger partial charge in [0.05, 0.1) is 12.7 Å². The first-order valence-electron chi connectivity index (χ1n) is 6.73. The van der Waals surface area contributed by atoms with E-state index in [0.717, 1.165) is 19.7 Å². The lowest BCUT2D eigenvalue weighted by atomic mass is 9.96. The lowest BCUT2D eigenvalue weighted by Crippen LogP contribution is -2.34. The van der Waals surface area contributed by atoms with Crippen LogP contribution in [0.5, 0.6) is 0 Å². The van der Waals surface area contributed by atoms with Gasteiger partial charge in [0.15, 0.2) is 0 Å². The van der Waals surface area contributed by atoms with Crippen LogP contribution in [0.4, 0.5) is 5.69 Å². The van der Waals surface area contributed by atoms with Crippen molar-refractivity contribution in [1.29, 1.82) is 0 Å². The van der Waals surface area contributed by atoms with Gasteiger partial charge in [0.25, 0.3) is 0 Å². The Kier molecular flexibility index (Phi) is 4.25. The molecule has 0 saturated carbocycles. The molecule has 1 aromatic carbocycles. The number of anilines is 1. The summed E-state index contributed by atoms with van der Waals surface area (Å²) in [6.07, 6.45) is 0.176. The van der Waals surface area contributed by atoms with Crippen LogP contribution in [-0.4, -0.2) is 33.8 Å². The molecule has 1 N–H and O–H groups in total. The van der Waals surface area contributed by atoms with E-state index in [4.69, 9.17) is 4.74 Å². The van der Waals surface area contributed by atoms with Gasteiger partial charge in [0, 0.05) is 38.4 Å². The average molecular weight is 248 g/mol. The number of ether oxygens (including phenoxy) is 1. The molecular formula is C15H24N2O. The smallest absolute Gasteiger partial charge is 0.0969 e. The Morgan fingerprint density at radius 1 is 1.33 bits per heavy atom. The van der Waals surface area contributed by atoms with Gasteiger partial charge in [-0.05, 0) is 17.5 Å². The highest BCUT2D eigenvalue weighted by atomic mass is 16.5. The van der Waals surface area contributed by atoms with Gasteiger partial charge in [-0.1, -0.05) is 26.0 Å². The molecule has 1 heterocycles. The quantitative estimate of drug-likeness (QED) is 0.889. The Bertz CT molecular complexity index is 395. The predicted octanol–water partition coefficient (Wildman–Crippen LogP) is 2.54. The second-order valence-corrected chi connectivity index (χ2v) is 5.43. The fourth-order valence-electron chi connectivity index (χ4n) is 2.36. The van der Waals surface area contributed by atoms with Gasteiger partial charge in [-0.2, -0.15) is 0 Å².